The molecule has 22 heavy (non-hydrogen) atoms. The maximum absolute atomic E-state index is 5.35. The standard InChI is InChI=1S/C19H14N2O/c1-22-11-6-7-17-13(8-11)15-10-18-14(9-19(15)21-17)12-4-2-3-5-16(12)20-18/h2-10,20-21H,1H3. The van der Waals surface area contributed by atoms with Crippen molar-refractivity contribution in [2.24, 2.45) is 0 Å². The second-order valence-corrected chi connectivity index (χ2v) is 5.65. The molecule has 106 valence electrons. The highest BCUT2D eigenvalue weighted by molar-refractivity contribution is 6.17. The summed E-state index contributed by atoms with van der Waals surface area (Å²) < 4.78 is 5.35. The van der Waals surface area contributed by atoms with E-state index in [1.165, 1.54) is 27.1 Å². The molecule has 3 heteroatoms. The molecule has 0 bridgehead atoms. The smallest absolute Gasteiger partial charge is 0.119 e. The Morgan fingerprint density at radius 1 is 0.636 bits per heavy atom. The van der Waals surface area contributed by atoms with Crippen LogP contribution >= 0.6 is 0 Å². The Bertz CT molecular complexity index is 1160. The van der Waals surface area contributed by atoms with Gasteiger partial charge >= 0.3 is 0 Å². The zero-order valence-electron chi connectivity index (χ0n) is 12.1. The molecule has 2 N–H and O–H groups in total. The van der Waals surface area contributed by atoms with Gasteiger partial charge in [0.15, 0.2) is 0 Å². The van der Waals surface area contributed by atoms with E-state index in [4.69, 9.17) is 4.74 Å². The number of benzene rings is 3. The van der Waals surface area contributed by atoms with Gasteiger partial charge in [0.05, 0.1) is 7.11 Å². The van der Waals surface area contributed by atoms with Gasteiger partial charge in [0.25, 0.3) is 0 Å². The van der Waals surface area contributed by atoms with Crippen molar-refractivity contribution in [2.45, 2.75) is 0 Å². The van der Waals surface area contributed by atoms with Crippen LogP contribution in [0.3, 0.4) is 0 Å². The van der Waals surface area contributed by atoms with E-state index in [9.17, 15) is 0 Å². The molecule has 5 aromatic rings. The van der Waals surface area contributed by atoms with Gasteiger partial charge in [0, 0.05) is 43.6 Å². The van der Waals surface area contributed by atoms with Crippen LogP contribution in [0.1, 0.15) is 0 Å². The molecule has 0 radical (unpaired) electrons. The van der Waals surface area contributed by atoms with Crippen molar-refractivity contribution in [1.29, 1.82) is 0 Å². The molecular formula is C19H14N2O. The maximum atomic E-state index is 5.35. The average Bonchev–Trinajstić information content (AvgIpc) is 3.09. The summed E-state index contributed by atoms with van der Waals surface area (Å²) in [4.78, 5) is 7.01. The Morgan fingerprint density at radius 3 is 2.05 bits per heavy atom. The van der Waals surface area contributed by atoms with Crippen LogP contribution in [-0.4, -0.2) is 17.1 Å². The van der Waals surface area contributed by atoms with E-state index in [2.05, 4.69) is 58.5 Å². The lowest BCUT2D eigenvalue weighted by Crippen LogP contribution is -1.80. The molecule has 0 spiro atoms. The van der Waals surface area contributed by atoms with Crippen LogP contribution in [0.4, 0.5) is 0 Å². The van der Waals surface area contributed by atoms with E-state index in [-0.39, 0.29) is 0 Å². The van der Waals surface area contributed by atoms with E-state index in [0.717, 1.165) is 22.3 Å². The van der Waals surface area contributed by atoms with Gasteiger partial charge < -0.3 is 14.7 Å². The lowest BCUT2D eigenvalue weighted by molar-refractivity contribution is 0.415. The summed E-state index contributed by atoms with van der Waals surface area (Å²) in [5.41, 5.74) is 4.62. The van der Waals surface area contributed by atoms with Crippen molar-refractivity contribution in [3.05, 3.63) is 54.6 Å². The van der Waals surface area contributed by atoms with Gasteiger partial charge in [-0.05, 0) is 36.4 Å². The number of aromatic amines is 2. The molecule has 0 fully saturated rings. The molecule has 0 aliphatic rings. The van der Waals surface area contributed by atoms with Crippen molar-refractivity contribution in [3.8, 4) is 5.75 Å². The topological polar surface area (TPSA) is 40.8 Å². The highest BCUT2D eigenvalue weighted by Gasteiger charge is 2.10. The maximum Gasteiger partial charge on any atom is 0.119 e. The summed E-state index contributed by atoms with van der Waals surface area (Å²) in [5, 5.41) is 4.92. The van der Waals surface area contributed by atoms with Crippen molar-refractivity contribution >= 4 is 43.6 Å². The summed E-state index contributed by atoms with van der Waals surface area (Å²) in [6.07, 6.45) is 0. The van der Waals surface area contributed by atoms with E-state index in [1.54, 1.807) is 7.11 Å². The number of aromatic nitrogens is 2. The molecule has 3 aromatic carbocycles. The second-order valence-electron chi connectivity index (χ2n) is 5.65. The van der Waals surface area contributed by atoms with Crippen molar-refractivity contribution in [2.75, 3.05) is 7.11 Å². The number of para-hydroxylation sites is 1. The number of hydrogen-bond donors (Lipinski definition) is 2. The van der Waals surface area contributed by atoms with Crippen LogP contribution in [0.2, 0.25) is 0 Å². The van der Waals surface area contributed by atoms with Gasteiger partial charge in [0.1, 0.15) is 5.75 Å². The molecule has 0 atom stereocenters. The minimum atomic E-state index is 0.880. The molecule has 0 amide bonds. The molecule has 0 saturated heterocycles. The largest absolute Gasteiger partial charge is 0.497 e. The first kappa shape index (κ1) is 11.7. The zero-order chi connectivity index (χ0) is 14.7. The number of methoxy groups -OCH3 is 1. The Hall–Kier alpha value is -2.94. The Morgan fingerprint density at radius 2 is 1.27 bits per heavy atom. The number of hydrogen-bond acceptors (Lipinski definition) is 1. The monoisotopic (exact) mass is 286 g/mol. The Balaban J connectivity index is 1.96. The molecule has 3 nitrogen and oxygen atoms in total. The highest BCUT2D eigenvalue weighted by Crippen LogP contribution is 2.34. The first-order valence-corrected chi connectivity index (χ1v) is 7.33. The average molecular weight is 286 g/mol. The van der Waals surface area contributed by atoms with Gasteiger partial charge in [-0.2, -0.15) is 0 Å². The fourth-order valence-electron chi connectivity index (χ4n) is 3.35. The van der Waals surface area contributed by atoms with Crippen LogP contribution in [0.25, 0.3) is 43.6 Å². The number of nitrogens with one attached hydrogen (secondary N) is 2. The minimum absolute atomic E-state index is 0.880. The molecule has 2 aromatic heterocycles. The SMILES string of the molecule is COc1ccc2[nH]c3cc4c(cc3c2c1)[nH]c1ccccc14. The summed E-state index contributed by atoms with van der Waals surface area (Å²) >= 11 is 0. The van der Waals surface area contributed by atoms with Crippen molar-refractivity contribution < 1.29 is 4.74 Å². The fraction of sp³-hybridized carbons (Fsp3) is 0.0526. The van der Waals surface area contributed by atoms with Gasteiger partial charge in [0.2, 0.25) is 0 Å². The molecule has 0 saturated carbocycles. The van der Waals surface area contributed by atoms with Crippen LogP contribution in [0.15, 0.2) is 54.6 Å². The van der Waals surface area contributed by atoms with Gasteiger partial charge in [-0.15, -0.1) is 0 Å². The van der Waals surface area contributed by atoms with E-state index < -0.39 is 0 Å². The second kappa shape index (κ2) is 4.04. The van der Waals surface area contributed by atoms with Crippen LogP contribution < -0.4 is 4.74 Å². The third-order valence-electron chi connectivity index (χ3n) is 4.43. The van der Waals surface area contributed by atoms with E-state index in [0.29, 0.717) is 0 Å². The zero-order valence-corrected chi connectivity index (χ0v) is 12.1. The quantitative estimate of drug-likeness (QED) is 0.449. The molecule has 5 rings (SSSR count). The lowest BCUT2D eigenvalue weighted by atomic mass is 10.1. The summed E-state index contributed by atoms with van der Waals surface area (Å²) in [6.45, 7) is 0. The summed E-state index contributed by atoms with van der Waals surface area (Å²) in [6, 6.07) is 19.0. The fourth-order valence-corrected chi connectivity index (χ4v) is 3.35. The number of rotatable bonds is 1. The molecule has 0 unspecified atom stereocenters. The summed E-state index contributed by atoms with van der Waals surface area (Å²) in [7, 11) is 1.70. The van der Waals surface area contributed by atoms with Crippen LogP contribution in [0, 0.1) is 0 Å². The van der Waals surface area contributed by atoms with E-state index in [1.807, 2.05) is 6.07 Å². The van der Waals surface area contributed by atoms with Crippen molar-refractivity contribution in [3.63, 3.8) is 0 Å². The predicted molar refractivity (Wildman–Crippen MR) is 91.7 cm³/mol. The van der Waals surface area contributed by atoms with Gasteiger partial charge in [-0.3, -0.25) is 0 Å². The van der Waals surface area contributed by atoms with Gasteiger partial charge in [-0.25, -0.2) is 0 Å². The van der Waals surface area contributed by atoms with Gasteiger partial charge in [-0.1, -0.05) is 18.2 Å². The Kier molecular flexibility index (Phi) is 2.15. The third kappa shape index (κ3) is 1.45. The molecular weight excluding hydrogens is 272 g/mol. The van der Waals surface area contributed by atoms with Crippen molar-refractivity contribution in [1.82, 2.24) is 9.97 Å². The molecule has 2 heterocycles. The van der Waals surface area contributed by atoms with Crippen LogP contribution in [-0.2, 0) is 0 Å². The van der Waals surface area contributed by atoms with E-state index >= 15 is 0 Å². The summed E-state index contributed by atoms with van der Waals surface area (Å²) in [5.74, 6) is 0.880. The molecule has 0 aliphatic carbocycles. The number of fused-ring (bicyclic) bond motifs is 6. The third-order valence-corrected chi connectivity index (χ3v) is 4.43. The number of ether oxygens (including phenoxy) is 1. The highest BCUT2D eigenvalue weighted by atomic mass is 16.5. The molecule has 0 aliphatic heterocycles. The van der Waals surface area contributed by atoms with Crippen LogP contribution in [0.5, 0.6) is 5.75 Å². The predicted octanol–water partition coefficient (Wildman–Crippen LogP) is 4.96. The number of H-pyrrole nitrogens is 2. The normalized spacial score (nSPS) is 11.9. The Labute approximate surface area is 126 Å². The first-order chi connectivity index (χ1) is 10.8. The lowest BCUT2D eigenvalue weighted by Gasteiger charge is -1.98. The minimum Gasteiger partial charge on any atom is -0.497 e. The first-order valence-electron chi connectivity index (χ1n) is 7.33.